The monoisotopic (exact) mass is 355 g/mol. The number of hydrogen-bond donors (Lipinski definition) is 3. The van der Waals surface area contributed by atoms with E-state index in [9.17, 15) is 9.59 Å². The Bertz CT molecular complexity index is 860. The first-order chi connectivity index (χ1) is 12.3. The van der Waals surface area contributed by atoms with Crippen LogP contribution in [-0.4, -0.2) is 40.6 Å². The van der Waals surface area contributed by atoms with Crippen molar-refractivity contribution in [2.75, 3.05) is 16.8 Å². The SMILES string of the molecule is Cn1cc(NC(=O)/C(C=N)=C2\N=CC=CN2)c(N2CCC(C)(C)C2=O)n1. The van der Waals surface area contributed by atoms with Crippen LogP contribution in [0, 0.1) is 10.8 Å². The molecule has 2 aliphatic rings. The number of allylic oxidation sites excluding steroid dienone is 1. The predicted molar refractivity (Wildman–Crippen MR) is 99.2 cm³/mol. The van der Waals surface area contributed by atoms with E-state index < -0.39 is 11.3 Å². The van der Waals surface area contributed by atoms with Crippen molar-refractivity contribution in [3.05, 3.63) is 29.9 Å². The lowest BCUT2D eigenvalue weighted by Gasteiger charge is -2.19. The molecule has 0 aliphatic carbocycles. The van der Waals surface area contributed by atoms with Crippen molar-refractivity contribution in [1.82, 2.24) is 15.1 Å². The molecule has 9 nitrogen and oxygen atoms in total. The van der Waals surface area contributed by atoms with Crippen molar-refractivity contribution >= 4 is 35.7 Å². The summed E-state index contributed by atoms with van der Waals surface area (Å²) in [7, 11) is 1.72. The number of carbonyl (C=O) groups excluding carboxylic acids is 2. The van der Waals surface area contributed by atoms with Crippen LogP contribution in [0.25, 0.3) is 0 Å². The van der Waals surface area contributed by atoms with Crippen LogP contribution >= 0.6 is 0 Å². The molecule has 9 heteroatoms. The number of carbonyl (C=O) groups is 2. The Kier molecular flexibility index (Phi) is 4.45. The van der Waals surface area contributed by atoms with Gasteiger partial charge in [0.1, 0.15) is 11.5 Å². The lowest BCUT2D eigenvalue weighted by atomic mass is 9.92. The first-order valence-electron chi connectivity index (χ1n) is 8.21. The van der Waals surface area contributed by atoms with E-state index in [4.69, 9.17) is 5.41 Å². The molecule has 0 unspecified atom stereocenters. The minimum Gasteiger partial charge on any atom is -0.346 e. The second-order valence-electron chi connectivity index (χ2n) is 6.77. The van der Waals surface area contributed by atoms with Gasteiger partial charge in [-0.3, -0.25) is 19.2 Å². The van der Waals surface area contributed by atoms with Crippen LogP contribution in [-0.2, 0) is 16.6 Å². The topological polar surface area (TPSA) is 115 Å². The van der Waals surface area contributed by atoms with Crippen molar-refractivity contribution in [2.24, 2.45) is 17.5 Å². The number of hydrogen-bond acceptors (Lipinski definition) is 6. The van der Waals surface area contributed by atoms with Gasteiger partial charge in [-0.1, -0.05) is 13.8 Å². The molecular weight excluding hydrogens is 334 g/mol. The summed E-state index contributed by atoms with van der Waals surface area (Å²) in [5.74, 6) is 0.158. The molecule has 1 saturated heterocycles. The van der Waals surface area contributed by atoms with Crippen molar-refractivity contribution in [1.29, 1.82) is 5.41 Å². The fourth-order valence-electron chi connectivity index (χ4n) is 2.83. The molecule has 2 amide bonds. The second-order valence-corrected chi connectivity index (χ2v) is 6.77. The predicted octanol–water partition coefficient (Wildman–Crippen LogP) is 1.17. The average molecular weight is 355 g/mol. The van der Waals surface area contributed by atoms with E-state index in [1.165, 1.54) is 6.21 Å². The molecule has 136 valence electrons. The molecule has 0 spiro atoms. The van der Waals surface area contributed by atoms with Crippen LogP contribution < -0.4 is 15.5 Å². The number of aryl methyl sites for hydroxylation is 1. The van der Waals surface area contributed by atoms with Crippen LogP contribution in [0.4, 0.5) is 11.5 Å². The van der Waals surface area contributed by atoms with Crippen LogP contribution in [0.3, 0.4) is 0 Å². The zero-order chi connectivity index (χ0) is 18.9. The van der Waals surface area contributed by atoms with Crippen LogP contribution in [0.5, 0.6) is 0 Å². The van der Waals surface area contributed by atoms with Crippen molar-refractivity contribution in [2.45, 2.75) is 20.3 Å². The second kappa shape index (κ2) is 6.58. The van der Waals surface area contributed by atoms with Gasteiger partial charge in [0.05, 0.1) is 11.8 Å². The van der Waals surface area contributed by atoms with E-state index in [0.717, 1.165) is 12.6 Å². The largest absolute Gasteiger partial charge is 0.346 e. The maximum Gasteiger partial charge on any atom is 0.261 e. The third-order valence-electron chi connectivity index (χ3n) is 4.35. The number of nitrogens with one attached hydrogen (secondary N) is 3. The van der Waals surface area contributed by atoms with E-state index in [-0.39, 0.29) is 17.3 Å². The van der Waals surface area contributed by atoms with Crippen LogP contribution in [0.15, 0.2) is 34.9 Å². The summed E-state index contributed by atoms with van der Waals surface area (Å²) < 4.78 is 1.54. The third kappa shape index (κ3) is 3.15. The molecule has 0 bridgehead atoms. The Morgan fingerprint density at radius 2 is 2.23 bits per heavy atom. The molecule has 3 rings (SSSR count). The van der Waals surface area contributed by atoms with Gasteiger partial charge >= 0.3 is 0 Å². The van der Waals surface area contributed by atoms with Gasteiger partial charge in [0.2, 0.25) is 5.91 Å². The van der Waals surface area contributed by atoms with E-state index in [1.807, 2.05) is 13.8 Å². The van der Waals surface area contributed by atoms with E-state index in [2.05, 4.69) is 20.7 Å². The molecule has 0 saturated carbocycles. The molecule has 0 aromatic carbocycles. The molecular formula is C17H21N7O2. The summed E-state index contributed by atoms with van der Waals surface area (Å²) in [6.45, 7) is 4.34. The van der Waals surface area contributed by atoms with Crippen molar-refractivity contribution in [3.8, 4) is 0 Å². The van der Waals surface area contributed by atoms with Gasteiger partial charge in [-0.15, -0.1) is 0 Å². The summed E-state index contributed by atoms with van der Waals surface area (Å²) in [6.07, 6.45) is 8.13. The van der Waals surface area contributed by atoms with Gasteiger partial charge in [0, 0.05) is 37.6 Å². The first-order valence-corrected chi connectivity index (χ1v) is 8.21. The zero-order valence-electron chi connectivity index (χ0n) is 14.9. The fourth-order valence-corrected chi connectivity index (χ4v) is 2.83. The maximum absolute atomic E-state index is 12.6. The molecule has 0 atom stereocenters. The number of aromatic nitrogens is 2. The van der Waals surface area contributed by atoms with Crippen molar-refractivity contribution in [3.63, 3.8) is 0 Å². The standard InChI is InChI=1S/C17H21N7O2/c1-17(2)5-8-24(16(17)26)14-12(10-23(3)22-14)21-15(25)11(9-18)13-19-6-4-7-20-13/h4,6-7,9-10,18-19H,5,8H2,1-3H3,(H,21,25)/b13-11-,18-9?. The summed E-state index contributed by atoms with van der Waals surface area (Å²) in [4.78, 5) is 30.9. The maximum atomic E-state index is 12.6. The Hall–Kier alpha value is -3.23. The molecule has 0 radical (unpaired) electrons. The first kappa shape index (κ1) is 17.6. The summed E-state index contributed by atoms with van der Waals surface area (Å²) in [5.41, 5.74) is 0.0424. The molecule has 1 fully saturated rings. The Morgan fingerprint density at radius 3 is 2.81 bits per heavy atom. The molecule has 26 heavy (non-hydrogen) atoms. The molecule has 3 heterocycles. The highest BCUT2D eigenvalue weighted by molar-refractivity contribution is 6.18. The number of nitrogens with zero attached hydrogens (tertiary/aromatic N) is 4. The molecule has 3 N–H and O–H groups in total. The van der Waals surface area contributed by atoms with Crippen molar-refractivity contribution < 1.29 is 9.59 Å². The van der Waals surface area contributed by atoms with Gasteiger partial charge in [0.15, 0.2) is 5.82 Å². The van der Waals surface area contributed by atoms with E-state index >= 15 is 0 Å². The van der Waals surface area contributed by atoms with E-state index in [1.54, 1.807) is 35.1 Å². The van der Waals surface area contributed by atoms with Gasteiger partial charge < -0.3 is 16.0 Å². The van der Waals surface area contributed by atoms with E-state index in [0.29, 0.717) is 18.1 Å². The lowest BCUT2D eigenvalue weighted by molar-refractivity contribution is -0.124. The summed E-state index contributed by atoms with van der Waals surface area (Å²) in [5, 5.41) is 17.4. The molecule has 1 aromatic rings. The Balaban J connectivity index is 1.88. The number of amides is 2. The quantitative estimate of drug-likeness (QED) is 0.555. The minimum absolute atomic E-state index is 0.0268. The third-order valence-corrected chi connectivity index (χ3v) is 4.35. The summed E-state index contributed by atoms with van der Waals surface area (Å²) in [6, 6.07) is 0. The Labute approximate surface area is 151 Å². The smallest absolute Gasteiger partial charge is 0.261 e. The highest BCUT2D eigenvalue weighted by Crippen LogP contribution is 2.36. The van der Waals surface area contributed by atoms with Gasteiger partial charge in [-0.05, 0) is 12.5 Å². The fraction of sp³-hybridized carbons (Fsp3) is 0.353. The molecule has 2 aliphatic heterocycles. The minimum atomic E-state index is -0.505. The van der Waals surface area contributed by atoms with Gasteiger partial charge in [0.25, 0.3) is 5.91 Å². The number of rotatable bonds is 4. The normalized spacial score (nSPS) is 20.1. The van der Waals surface area contributed by atoms with Crippen LogP contribution in [0.1, 0.15) is 20.3 Å². The summed E-state index contributed by atoms with van der Waals surface area (Å²) >= 11 is 0. The van der Waals surface area contributed by atoms with Gasteiger partial charge in [-0.2, -0.15) is 5.10 Å². The molecule has 1 aromatic heterocycles. The number of aliphatic imine (C=N–C) groups is 1. The van der Waals surface area contributed by atoms with Gasteiger partial charge in [-0.25, -0.2) is 4.99 Å². The number of anilines is 2. The average Bonchev–Trinajstić information content (AvgIpc) is 3.08. The Morgan fingerprint density at radius 1 is 1.46 bits per heavy atom. The lowest BCUT2D eigenvalue weighted by Crippen LogP contribution is -2.32. The highest BCUT2D eigenvalue weighted by atomic mass is 16.2. The zero-order valence-corrected chi connectivity index (χ0v) is 14.9. The van der Waals surface area contributed by atoms with Crippen LogP contribution in [0.2, 0.25) is 0 Å². The highest BCUT2D eigenvalue weighted by Gasteiger charge is 2.41.